The van der Waals surface area contributed by atoms with E-state index in [9.17, 15) is 9.18 Å². The van der Waals surface area contributed by atoms with Gasteiger partial charge < -0.3 is 9.84 Å². The summed E-state index contributed by atoms with van der Waals surface area (Å²) >= 11 is 5.69. The van der Waals surface area contributed by atoms with Gasteiger partial charge in [0.15, 0.2) is 0 Å². The number of halogens is 2. The monoisotopic (exact) mass is 295 g/mol. The van der Waals surface area contributed by atoms with E-state index in [0.29, 0.717) is 6.42 Å². The highest BCUT2D eigenvalue weighted by Gasteiger charge is 2.13. The molecule has 0 unspecified atom stereocenters. The summed E-state index contributed by atoms with van der Waals surface area (Å²) in [6.07, 6.45) is 1.84. The second-order valence-corrected chi connectivity index (χ2v) is 4.47. The van der Waals surface area contributed by atoms with E-state index in [2.05, 4.69) is 4.98 Å². The van der Waals surface area contributed by atoms with Crippen molar-refractivity contribution in [3.05, 3.63) is 58.5 Å². The first kappa shape index (κ1) is 14.3. The number of ether oxygens (including phenoxy) is 1. The standard InChI is InChI=1S/C14H11ClFNO3/c15-10-7-12(14(18)19)13(17-8-10)20-6-5-9-1-3-11(16)4-2-9/h1-4,7-8H,5-6H2,(H,18,19). The molecule has 1 heterocycles. The summed E-state index contributed by atoms with van der Waals surface area (Å²) in [5.74, 6) is -1.44. The van der Waals surface area contributed by atoms with Crippen LogP contribution in [-0.2, 0) is 6.42 Å². The first-order valence-electron chi connectivity index (χ1n) is 5.82. The Morgan fingerprint density at radius 3 is 2.70 bits per heavy atom. The molecule has 6 heteroatoms. The molecule has 0 spiro atoms. The van der Waals surface area contributed by atoms with Crippen molar-refractivity contribution < 1.29 is 19.0 Å². The van der Waals surface area contributed by atoms with Gasteiger partial charge in [0.05, 0.1) is 11.6 Å². The van der Waals surface area contributed by atoms with Gasteiger partial charge in [0, 0.05) is 12.6 Å². The Morgan fingerprint density at radius 1 is 1.35 bits per heavy atom. The maximum Gasteiger partial charge on any atom is 0.341 e. The molecule has 0 aliphatic rings. The Balaban J connectivity index is 2.00. The molecule has 1 N–H and O–H groups in total. The quantitative estimate of drug-likeness (QED) is 0.920. The van der Waals surface area contributed by atoms with Crippen LogP contribution in [0.2, 0.25) is 5.02 Å². The lowest BCUT2D eigenvalue weighted by Gasteiger charge is -2.08. The third kappa shape index (κ3) is 3.68. The van der Waals surface area contributed by atoms with Crippen LogP contribution in [-0.4, -0.2) is 22.7 Å². The number of pyridine rings is 1. The van der Waals surface area contributed by atoms with Gasteiger partial charge in [-0.3, -0.25) is 0 Å². The molecule has 20 heavy (non-hydrogen) atoms. The van der Waals surface area contributed by atoms with Gasteiger partial charge in [-0.2, -0.15) is 0 Å². The first-order valence-corrected chi connectivity index (χ1v) is 6.20. The Labute approximate surface area is 119 Å². The Hall–Kier alpha value is -2.14. The molecule has 2 rings (SSSR count). The molecule has 0 radical (unpaired) electrons. The Bertz CT molecular complexity index is 616. The van der Waals surface area contributed by atoms with E-state index in [1.165, 1.54) is 24.4 Å². The zero-order chi connectivity index (χ0) is 14.5. The molecule has 0 fully saturated rings. The van der Waals surface area contributed by atoms with Gasteiger partial charge in [0.1, 0.15) is 11.4 Å². The van der Waals surface area contributed by atoms with E-state index < -0.39 is 5.97 Å². The molecule has 1 aromatic heterocycles. The fraction of sp³-hybridized carbons (Fsp3) is 0.143. The molecule has 4 nitrogen and oxygen atoms in total. The molecule has 104 valence electrons. The van der Waals surface area contributed by atoms with E-state index >= 15 is 0 Å². The minimum absolute atomic E-state index is 0.0176. The highest BCUT2D eigenvalue weighted by atomic mass is 35.5. The molecule has 0 atom stereocenters. The molecule has 0 bridgehead atoms. The molecular formula is C14H11ClFNO3. The fourth-order valence-electron chi connectivity index (χ4n) is 1.61. The topological polar surface area (TPSA) is 59.4 Å². The Kier molecular flexibility index (Phi) is 4.53. The molecule has 0 aliphatic heterocycles. The zero-order valence-corrected chi connectivity index (χ0v) is 11.1. The lowest BCUT2D eigenvalue weighted by molar-refractivity contribution is 0.0691. The molecule has 0 aliphatic carbocycles. The number of benzene rings is 1. The van der Waals surface area contributed by atoms with Crippen molar-refractivity contribution in [2.45, 2.75) is 6.42 Å². The van der Waals surface area contributed by atoms with Crippen LogP contribution < -0.4 is 4.74 Å². The van der Waals surface area contributed by atoms with Crippen LogP contribution in [0, 0.1) is 5.82 Å². The van der Waals surface area contributed by atoms with Crippen molar-refractivity contribution in [2.75, 3.05) is 6.61 Å². The van der Waals surface area contributed by atoms with Crippen molar-refractivity contribution in [3.63, 3.8) is 0 Å². The average molecular weight is 296 g/mol. The molecular weight excluding hydrogens is 285 g/mol. The maximum atomic E-state index is 12.7. The van der Waals surface area contributed by atoms with Gasteiger partial charge in [-0.15, -0.1) is 0 Å². The minimum Gasteiger partial charge on any atom is -0.477 e. The van der Waals surface area contributed by atoms with E-state index in [-0.39, 0.29) is 28.9 Å². The molecule has 0 amide bonds. The largest absolute Gasteiger partial charge is 0.477 e. The van der Waals surface area contributed by atoms with Gasteiger partial charge >= 0.3 is 5.97 Å². The molecule has 0 saturated heterocycles. The van der Waals surface area contributed by atoms with Crippen molar-refractivity contribution in [3.8, 4) is 5.88 Å². The number of carboxylic acid groups (broad SMARTS) is 1. The zero-order valence-electron chi connectivity index (χ0n) is 10.3. The number of hydrogen-bond acceptors (Lipinski definition) is 3. The lowest BCUT2D eigenvalue weighted by atomic mass is 10.2. The molecule has 2 aromatic rings. The number of carboxylic acids is 1. The van der Waals surface area contributed by atoms with Crippen LogP contribution in [0.25, 0.3) is 0 Å². The predicted molar refractivity (Wildman–Crippen MR) is 71.8 cm³/mol. The van der Waals surface area contributed by atoms with Crippen LogP contribution >= 0.6 is 11.6 Å². The summed E-state index contributed by atoms with van der Waals surface area (Å²) in [6, 6.07) is 7.29. The van der Waals surface area contributed by atoms with Gasteiger partial charge in [-0.05, 0) is 23.8 Å². The van der Waals surface area contributed by atoms with Gasteiger partial charge in [-0.25, -0.2) is 14.2 Å². The van der Waals surface area contributed by atoms with Crippen LogP contribution in [0.5, 0.6) is 5.88 Å². The van der Waals surface area contributed by atoms with E-state index in [1.807, 2.05) is 0 Å². The van der Waals surface area contributed by atoms with Crippen molar-refractivity contribution in [1.29, 1.82) is 0 Å². The number of aromatic nitrogens is 1. The second-order valence-electron chi connectivity index (χ2n) is 4.04. The van der Waals surface area contributed by atoms with Crippen LogP contribution in [0.4, 0.5) is 4.39 Å². The van der Waals surface area contributed by atoms with Crippen LogP contribution in [0.15, 0.2) is 36.5 Å². The fourth-order valence-corrected chi connectivity index (χ4v) is 1.77. The smallest absolute Gasteiger partial charge is 0.341 e. The highest BCUT2D eigenvalue weighted by Crippen LogP contribution is 2.19. The van der Waals surface area contributed by atoms with Crippen molar-refractivity contribution in [2.24, 2.45) is 0 Å². The summed E-state index contributed by atoms with van der Waals surface area (Å²) in [5, 5.41) is 9.25. The summed E-state index contributed by atoms with van der Waals surface area (Å²) in [7, 11) is 0. The second kappa shape index (κ2) is 6.34. The van der Waals surface area contributed by atoms with E-state index in [1.54, 1.807) is 12.1 Å². The number of aromatic carboxylic acids is 1. The van der Waals surface area contributed by atoms with E-state index in [0.717, 1.165) is 5.56 Å². The third-order valence-corrected chi connectivity index (χ3v) is 2.80. The van der Waals surface area contributed by atoms with Gasteiger partial charge in [-0.1, -0.05) is 23.7 Å². The number of nitrogens with zero attached hydrogens (tertiary/aromatic N) is 1. The predicted octanol–water partition coefficient (Wildman–Crippen LogP) is 3.19. The summed E-state index contributed by atoms with van der Waals surface area (Å²) in [5.41, 5.74) is 0.800. The number of rotatable bonds is 5. The highest BCUT2D eigenvalue weighted by molar-refractivity contribution is 6.30. The maximum absolute atomic E-state index is 12.7. The lowest BCUT2D eigenvalue weighted by Crippen LogP contribution is -2.08. The first-order chi connectivity index (χ1) is 9.56. The van der Waals surface area contributed by atoms with Crippen molar-refractivity contribution in [1.82, 2.24) is 4.98 Å². The summed E-state index contributed by atoms with van der Waals surface area (Å²) in [6.45, 7) is 0.237. The summed E-state index contributed by atoms with van der Waals surface area (Å²) < 4.78 is 18.1. The van der Waals surface area contributed by atoms with Crippen LogP contribution in [0.3, 0.4) is 0 Å². The average Bonchev–Trinajstić information content (AvgIpc) is 2.42. The number of hydrogen-bond donors (Lipinski definition) is 1. The SMILES string of the molecule is O=C(O)c1cc(Cl)cnc1OCCc1ccc(F)cc1. The molecule has 1 aromatic carbocycles. The third-order valence-electron chi connectivity index (χ3n) is 2.59. The minimum atomic E-state index is -1.16. The van der Waals surface area contributed by atoms with Crippen molar-refractivity contribution >= 4 is 17.6 Å². The van der Waals surface area contributed by atoms with Gasteiger partial charge in [0.25, 0.3) is 0 Å². The van der Waals surface area contributed by atoms with E-state index in [4.69, 9.17) is 21.4 Å². The summed E-state index contributed by atoms with van der Waals surface area (Å²) in [4.78, 5) is 14.9. The number of carbonyl (C=O) groups is 1. The van der Waals surface area contributed by atoms with Crippen LogP contribution in [0.1, 0.15) is 15.9 Å². The Morgan fingerprint density at radius 2 is 2.05 bits per heavy atom. The normalized spacial score (nSPS) is 10.3. The molecule has 0 saturated carbocycles. The van der Waals surface area contributed by atoms with Gasteiger partial charge in [0.2, 0.25) is 5.88 Å².